The number of benzene rings is 1. The summed E-state index contributed by atoms with van der Waals surface area (Å²) in [5.74, 6) is 0.332. The van der Waals surface area contributed by atoms with Gasteiger partial charge in [0.1, 0.15) is 5.75 Å². The molecule has 0 unspecified atom stereocenters. The second kappa shape index (κ2) is 3.70. The molecule has 0 aliphatic heterocycles. The zero-order valence-corrected chi connectivity index (χ0v) is 8.70. The van der Waals surface area contributed by atoms with E-state index in [4.69, 9.17) is 10.5 Å². The Morgan fingerprint density at radius 3 is 2.43 bits per heavy atom. The van der Waals surface area contributed by atoms with Gasteiger partial charge in [-0.05, 0) is 19.9 Å². The van der Waals surface area contributed by atoms with E-state index in [9.17, 15) is 4.79 Å². The van der Waals surface area contributed by atoms with Crippen LogP contribution in [0.4, 0.5) is 0 Å². The lowest BCUT2D eigenvalue weighted by atomic mass is 9.83. The lowest BCUT2D eigenvalue weighted by Crippen LogP contribution is -2.35. The summed E-state index contributed by atoms with van der Waals surface area (Å²) in [5, 5.41) is 0. The summed E-state index contributed by atoms with van der Waals surface area (Å²) < 4.78 is 5.17. The summed E-state index contributed by atoms with van der Waals surface area (Å²) >= 11 is 0. The predicted octanol–water partition coefficient (Wildman–Crippen LogP) is 1.46. The maximum atomic E-state index is 11.3. The van der Waals surface area contributed by atoms with E-state index < -0.39 is 5.41 Å². The summed E-state index contributed by atoms with van der Waals surface area (Å²) in [7, 11) is 1.58. The fraction of sp³-hybridized carbons (Fsp3) is 0.364. The number of hydrogen-bond donors (Lipinski definition) is 1. The average molecular weight is 193 g/mol. The molecule has 3 heteroatoms. The highest BCUT2D eigenvalue weighted by Gasteiger charge is 2.29. The Morgan fingerprint density at radius 1 is 1.36 bits per heavy atom. The van der Waals surface area contributed by atoms with E-state index in [0.29, 0.717) is 5.75 Å². The Balaban J connectivity index is 3.24. The number of nitrogens with two attached hydrogens (primary N) is 1. The Labute approximate surface area is 83.9 Å². The molecule has 0 atom stereocenters. The highest BCUT2D eigenvalue weighted by molar-refractivity contribution is 5.86. The van der Waals surface area contributed by atoms with E-state index in [0.717, 1.165) is 5.56 Å². The molecule has 0 radical (unpaired) electrons. The SMILES string of the molecule is COc1ccccc1C(C)(C)C(N)=O. The van der Waals surface area contributed by atoms with Gasteiger partial charge in [0.2, 0.25) is 5.91 Å². The Kier molecular flexibility index (Phi) is 2.79. The van der Waals surface area contributed by atoms with Crippen LogP contribution in [0.1, 0.15) is 19.4 Å². The summed E-state index contributed by atoms with van der Waals surface area (Å²) in [5.41, 5.74) is 5.44. The van der Waals surface area contributed by atoms with Crippen LogP contribution >= 0.6 is 0 Å². The van der Waals surface area contributed by atoms with Gasteiger partial charge < -0.3 is 10.5 Å². The lowest BCUT2D eigenvalue weighted by Gasteiger charge is -2.23. The normalized spacial score (nSPS) is 11.1. The average Bonchev–Trinajstić information content (AvgIpc) is 2.17. The van der Waals surface area contributed by atoms with Crippen molar-refractivity contribution in [2.24, 2.45) is 5.73 Å². The van der Waals surface area contributed by atoms with Crippen molar-refractivity contribution in [2.45, 2.75) is 19.3 Å². The molecular weight excluding hydrogens is 178 g/mol. The third kappa shape index (κ3) is 1.71. The van der Waals surface area contributed by atoms with Crippen LogP contribution in [0, 0.1) is 0 Å². The first-order valence-electron chi connectivity index (χ1n) is 4.43. The molecule has 0 aromatic heterocycles. The molecule has 2 N–H and O–H groups in total. The third-order valence-electron chi connectivity index (χ3n) is 2.40. The number of carbonyl (C=O) groups excluding carboxylic acids is 1. The lowest BCUT2D eigenvalue weighted by molar-refractivity contribution is -0.122. The number of hydrogen-bond acceptors (Lipinski definition) is 2. The molecule has 0 bridgehead atoms. The monoisotopic (exact) mass is 193 g/mol. The van der Waals surface area contributed by atoms with Crippen LogP contribution in [-0.4, -0.2) is 13.0 Å². The summed E-state index contributed by atoms with van der Waals surface area (Å²) in [6, 6.07) is 7.39. The zero-order valence-electron chi connectivity index (χ0n) is 8.70. The maximum Gasteiger partial charge on any atom is 0.227 e. The Hall–Kier alpha value is -1.51. The number of carbonyl (C=O) groups is 1. The van der Waals surface area contributed by atoms with Crippen molar-refractivity contribution in [3.05, 3.63) is 29.8 Å². The van der Waals surface area contributed by atoms with Gasteiger partial charge in [-0.3, -0.25) is 4.79 Å². The molecule has 1 rings (SSSR count). The summed E-state index contributed by atoms with van der Waals surface area (Å²) in [6.45, 7) is 3.57. The smallest absolute Gasteiger partial charge is 0.227 e. The number of para-hydroxylation sites is 1. The maximum absolute atomic E-state index is 11.3. The van der Waals surface area contributed by atoms with Gasteiger partial charge >= 0.3 is 0 Å². The molecule has 1 amide bonds. The predicted molar refractivity (Wildman–Crippen MR) is 55.2 cm³/mol. The minimum atomic E-state index is -0.702. The van der Waals surface area contributed by atoms with Crippen LogP contribution in [0.15, 0.2) is 24.3 Å². The first-order valence-corrected chi connectivity index (χ1v) is 4.43. The molecule has 0 heterocycles. The Morgan fingerprint density at radius 2 is 1.93 bits per heavy atom. The third-order valence-corrected chi connectivity index (χ3v) is 2.40. The van der Waals surface area contributed by atoms with Crippen molar-refractivity contribution in [1.29, 1.82) is 0 Å². The van der Waals surface area contributed by atoms with E-state index in [1.54, 1.807) is 21.0 Å². The molecule has 0 aliphatic carbocycles. The molecule has 14 heavy (non-hydrogen) atoms. The van der Waals surface area contributed by atoms with Crippen LogP contribution in [0.3, 0.4) is 0 Å². The fourth-order valence-electron chi connectivity index (χ4n) is 1.29. The molecule has 0 saturated carbocycles. The van der Waals surface area contributed by atoms with Crippen molar-refractivity contribution in [3.63, 3.8) is 0 Å². The standard InChI is InChI=1S/C11H15NO2/c1-11(2,10(12)13)8-6-4-5-7-9(8)14-3/h4-7H,1-3H3,(H2,12,13). The number of rotatable bonds is 3. The van der Waals surface area contributed by atoms with E-state index in [-0.39, 0.29) is 5.91 Å². The molecule has 76 valence electrons. The van der Waals surface area contributed by atoms with Crippen LogP contribution in [-0.2, 0) is 10.2 Å². The number of ether oxygens (including phenoxy) is 1. The fourth-order valence-corrected chi connectivity index (χ4v) is 1.29. The molecule has 1 aromatic carbocycles. The minimum absolute atomic E-state index is 0.359. The second-order valence-corrected chi connectivity index (χ2v) is 3.69. The Bertz CT molecular complexity index is 345. The van der Waals surface area contributed by atoms with Gasteiger partial charge in [-0.25, -0.2) is 0 Å². The van der Waals surface area contributed by atoms with Gasteiger partial charge in [-0.1, -0.05) is 18.2 Å². The number of methoxy groups -OCH3 is 1. The van der Waals surface area contributed by atoms with Crippen LogP contribution in [0.2, 0.25) is 0 Å². The van der Waals surface area contributed by atoms with Crippen molar-refractivity contribution >= 4 is 5.91 Å². The molecule has 1 aromatic rings. The van der Waals surface area contributed by atoms with Gasteiger partial charge in [0.15, 0.2) is 0 Å². The van der Waals surface area contributed by atoms with Gasteiger partial charge in [-0.2, -0.15) is 0 Å². The number of primary amides is 1. The molecule has 0 aliphatic rings. The second-order valence-electron chi connectivity index (χ2n) is 3.69. The van der Waals surface area contributed by atoms with E-state index >= 15 is 0 Å². The molecule has 0 spiro atoms. The quantitative estimate of drug-likeness (QED) is 0.790. The molecular formula is C11H15NO2. The highest BCUT2D eigenvalue weighted by Crippen LogP contribution is 2.30. The first-order chi connectivity index (χ1) is 6.50. The molecule has 0 saturated heterocycles. The van der Waals surface area contributed by atoms with Gasteiger partial charge in [0, 0.05) is 5.56 Å². The van der Waals surface area contributed by atoms with Gasteiger partial charge in [0.25, 0.3) is 0 Å². The minimum Gasteiger partial charge on any atom is -0.496 e. The topological polar surface area (TPSA) is 52.3 Å². The summed E-state index contributed by atoms with van der Waals surface area (Å²) in [6.07, 6.45) is 0. The van der Waals surface area contributed by atoms with Crippen molar-refractivity contribution in [2.75, 3.05) is 7.11 Å². The van der Waals surface area contributed by atoms with Gasteiger partial charge in [-0.15, -0.1) is 0 Å². The largest absolute Gasteiger partial charge is 0.496 e. The van der Waals surface area contributed by atoms with E-state index in [1.165, 1.54) is 0 Å². The van der Waals surface area contributed by atoms with Crippen LogP contribution < -0.4 is 10.5 Å². The number of amides is 1. The molecule has 3 nitrogen and oxygen atoms in total. The molecule has 0 fully saturated rings. The highest BCUT2D eigenvalue weighted by atomic mass is 16.5. The van der Waals surface area contributed by atoms with Crippen molar-refractivity contribution in [3.8, 4) is 5.75 Å². The van der Waals surface area contributed by atoms with E-state index in [2.05, 4.69) is 0 Å². The van der Waals surface area contributed by atoms with Crippen molar-refractivity contribution < 1.29 is 9.53 Å². The van der Waals surface area contributed by atoms with Crippen LogP contribution in [0.5, 0.6) is 5.75 Å². The first kappa shape index (κ1) is 10.6. The van der Waals surface area contributed by atoms with Crippen molar-refractivity contribution in [1.82, 2.24) is 0 Å². The van der Waals surface area contributed by atoms with Crippen LogP contribution in [0.25, 0.3) is 0 Å². The zero-order chi connectivity index (χ0) is 10.8. The van der Waals surface area contributed by atoms with E-state index in [1.807, 2.05) is 24.3 Å². The van der Waals surface area contributed by atoms with Gasteiger partial charge in [0.05, 0.1) is 12.5 Å². The summed E-state index contributed by atoms with van der Waals surface area (Å²) in [4.78, 5) is 11.3.